The van der Waals surface area contributed by atoms with Crippen molar-refractivity contribution in [3.8, 4) is 0 Å². The zero-order valence-electron chi connectivity index (χ0n) is 38.0. The van der Waals surface area contributed by atoms with Crippen molar-refractivity contribution in [1.29, 1.82) is 0 Å². The highest BCUT2D eigenvalue weighted by Gasteiger charge is 2.65. The zero-order chi connectivity index (χ0) is 42.0. The molecule has 0 N–H and O–H groups in total. The van der Waals surface area contributed by atoms with Crippen molar-refractivity contribution < 1.29 is 4.74 Å². The summed E-state index contributed by atoms with van der Waals surface area (Å²) in [4.78, 5) is 2.93. The largest absolute Gasteiger partial charge is 0.490 e. The molecule has 0 aromatic heterocycles. The van der Waals surface area contributed by atoms with Crippen LogP contribution in [-0.2, 0) is 10.2 Å². The Morgan fingerprint density at radius 2 is 1.56 bits per heavy atom. The summed E-state index contributed by atoms with van der Waals surface area (Å²) in [5.41, 5.74) is 17.9. The first-order valence-corrected chi connectivity index (χ1v) is 26.4. The maximum absolute atomic E-state index is 6.98. The molecule has 11 unspecified atom stereocenters. The molecular weight excluding hydrogens is 775 g/mol. The summed E-state index contributed by atoms with van der Waals surface area (Å²) in [6.07, 6.45) is 55.6. The minimum atomic E-state index is -0.106. The van der Waals surface area contributed by atoms with E-state index in [0.717, 1.165) is 18.8 Å². The van der Waals surface area contributed by atoms with Crippen LogP contribution in [0.25, 0.3) is 0 Å². The van der Waals surface area contributed by atoms with Crippen LogP contribution < -0.4 is 4.90 Å². The van der Waals surface area contributed by atoms with Crippen molar-refractivity contribution in [1.82, 2.24) is 0 Å². The molecule has 2 aromatic rings. The molecule has 326 valence electrons. The molecule has 64 heavy (non-hydrogen) atoms. The summed E-state index contributed by atoms with van der Waals surface area (Å²) in [6.45, 7) is 0. The van der Waals surface area contributed by atoms with E-state index in [9.17, 15) is 0 Å². The van der Waals surface area contributed by atoms with Crippen molar-refractivity contribution in [2.24, 2.45) is 40.9 Å². The number of ether oxygens (including phenoxy) is 1. The highest BCUT2D eigenvalue weighted by Crippen LogP contribution is 2.73. The Kier molecular flexibility index (Phi) is 9.06. The first-order chi connectivity index (χ1) is 31.8. The van der Waals surface area contributed by atoms with Gasteiger partial charge in [-0.05, 0) is 184 Å². The lowest BCUT2D eigenvalue weighted by Crippen LogP contribution is -2.46. The van der Waals surface area contributed by atoms with Gasteiger partial charge in [0.1, 0.15) is 6.10 Å². The van der Waals surface area contributed by atoms with Gasteiger partial charge in [-0.2, -0.15) is 0 Å². The monoisotopic (exact) mass is 842 g/mol. The number of hydrogen-bond donors (Lipinski definition) is 0. The van der Waals surface area contributed by atoms with Gasteiger partial charge < -0.3 is 9.64 Å². The molecule has 2 heteroatoms. The Labute approximate surface area is 383 Å². The standard InChI is InChI=1S/C62H67NO/c1-3-18-40(19-4-1)61(41-20-5-2-6-21-41)51-27-12-10-25-47(51)50-38-42(35-37-55(50)61)63(57-31-17-33-59-60(57)49-26-11-16-32-58(49)64-59)43-34-36-48-46-24-9-15-30-54(46)62(56(48)39-43)52-28-13-7-22-44(52)45-23-8-14-29-53(45)62/h1,3-4,12,15,17-20,22,27-28,30,33-39,45,47-48,51,53,56-57,59-60H,2,5-11,13-14,16,21,23-26,29,31-32H2. The smallest absolute Gasteiger partial charge is 0.125 e. The van der Waals surface area contributed by atoms with E-state index in [2.05, 4.69) is 126 Å². The lowest BCUT2D eigenvalue weighted by atomic mass is 9.58. The Balaban J connectivity index is 0.970. The van der Waals surface area contributed by atoms with E-state index in [1.807, 2.05) is 0 Å². The number of allylic oxidation sites excluding steroid dienone is 16. The van der Waals surface area contributed by atoms with Gasteiger partial charge in [0.2, 0.25) is 0 Å². The van der Waals surface area contributed by atoms with Gasteiger partial charge in [0.15, 0.2) is 0 Å². The van der Waals surface area contributed by atoms with E-state index in [1.54, 1.807) is 44.6 Å². The molecule has 1 heterocycles. The molecule has 0 saturated heterocycles. The zero-order valence-corrected chi connectivity index (χ0v) is 38.0. The lowest BCUT2D eigenvalue weighted by molar-refractivity contribution is 0.131. The highest BCUT2D eigenvalue weighted by atomic mass is 16.5. The minimum Gasteiger partial charge on any atom is -0.490 e. The number of hydrogen-bond acceptors (Lipinski definition) is 2. The summed E-state index contributed by atoms with van der Waals surface area (Å²) in [5.74, 6) is 5.04. The Morgan fingerprint density at radius 1 is 0.656 bits per heavy atom. The van der Waals surface area contributed by atoms with Crippen LogP contribution in [0.15, 0.2) is 166 Å². The molecular formula is C62H67NO. The molecule has 2 saturated carbocycles. The second kappa shape index (κ2) is 15.0. The van der Waals surface area contributed by atoms with Crippen LogP contribution in [0.3, 0.4) is 0 Å². The van der Waals surface area contributed by atoms with E-state index in [-0.39, 0.29) is 16.9 Å². The minimum absolute atomic E-state index is 0.0864. The van der Waals surface area contributed by atoms with Gasteiger partial charge >= 0.3 is 0 Å². The van der Waals surface area contributed by atoms with Crippen LogP contribution in [0.1, 0.15) is 145 Å². The second-order valence-electron chi connectivity index (χ2n) is 22.0. The van der Waals surface area contributed by atoms with E-state index in [1.165, 1.54) is 132 Å². The molecule has 2 nitrogen and oxygen atoms in total. The van der Waals surface area contributed by atoms with Crippen molar-refractivity contribution in [2.75, 3.05) is 4.90 Å². The number of rotatable bonds is 5. The summed E-state index contributed by atoms with van der Waals surface area (Å²) < 4.78 is 6.98. The molecule has 2 aromatic carbocycles. The highest BCUT2D eigenvalue weighted by molar-refractivity contribution is 5.69. The van der Waals surface area contributed by atoms with Gasteiger partial charge in [0.05, 0.1) is 5.76 Å². The van der Waals surface area contributed by atoms with Gasteiger partial charge in [-0.3, -0.25) is 0 Å². The maximum Gasteiger partial charge on any atom is 0.125 e. The van der Waals surface area contributed by atoms with Crippen LogP contribution in [0.2, 0.25) is 0 Å². The summed E-state index contributed by atoms with van der Waals surface area (Å²) in [6, 6.07) is 20.1. The van der Waals surface area contributed by atoms with E-state index in [0.29, 0.717) is 41.5 Å². The van der Waals surface area contributed by atoms with E-state index < -0.39 is 0 Å². The molecule has 11 aliphatic carbocycles. The van der Waals surface area contributed by atoms with Gasteiger partial charge in [-0.1, -0.05) is 121 Å². The molecule has 14 rings (SSSR count). The fourth-order valence-electron chi connectivity index (χ4n) is 17.4. The van der Waals surface area contributed by atoms with Gasteiger partial charge in [-0.15, -0.1) is 0 Å². The average Bonchev–Trinajstić information content (AvgIpc) is 4.08. The second-order valence-corrected chi connectivity index (χ2v) is 22.0. The van der Waals surface area contributed by atoms with Gasteiger partial charge in [0.25, 0.3) is 0 Å². The van der Waals surface area contributed by atoms with Crippen LogP contribution in [0, 0.1) is 40.9 Å². The van der Waals surface area contributed by atoms with Crippen LogP contribution in [-0.4, -0.2) is 12.1 Å². The van der Waals surface area contributed by atoms with Gasteiger partial charge in [0, 0.05) is 58.3 Å². The molecule has 11 atom stereocenters. The van der Waals surface area contributed by atoms with Crippen LogP contribution >= 0.6 is 0 Å². The van der Waals surface area contributed by atoms with Crippen molar-refractivity contribution >= 4 is 5.69 Å². The predicted octanol–water partition coefficient (Wildman–Crippen LogP) is 15.3. The first-order valence-electron chi connectivity index (χ1n) is 26.4. The summed E-state index contributed by atoms with van der Waals surface area (Å²) in [7, 11) is 0. The number of nitrogens with zero attached hydrogens (tertiary/aromatic N) is 1. The quantitative estimate of drug-likeness (QED) is 0.278. The first kappa shape index (κ1) is 38.7. The van der Waals surface area contributed by atoms with Crippen LogP contribution in [0.4, 0.5) is 5.69 Å². The number of benzene rings is 2. The van der Waals surface area contributed by atoms with Crippen molar-refractivity contribution in [3.63, 3.8) is 0 Å². The van der Waals surface area contributed by atoms with Crippen molar-refractivity contribution in [2.45, 2.75) is 145 Å². The molecule has 0 radical (unpaired) electrons. The third kappa shape index (κ3) is 5.26. The molecule has 2 fully saturated rings. The van der Waals surface area contributed by atoms with Gasteiger partial charge in [-0.25, -0.2) is 0 Å². The number of fused-ring (bicyclic) bond motifs is 14. The fraction of sp³-hybridized carbons (Fsp3) is 0.484. The average molecular weight is 842 g/mol. The molecule has 1 spiro atoms. The molecule has 1 aliphatic heterocycles. The summed E-state index contributed by atoms with van der Waals surface area (Å²) >= 11 is 0. The Bertz CT molecular complexity index is 2600. The Hall–Kier alpha value is -4.56. The van der Waals surface area contributed by atoms with E-state index >= 15 is 0 Å². The predicted molar refractivity (Wildman–Crippen MR) is 262 cm³/mol. The Morgan fingerprint density at radius 3 is 2.50 bits per heavy atom. The fourth-order valence-corrected chi connectivity index (χ4v) is 17.4. The van der Waals surface area contributed by atoms with Crippen LogP contribution in [0.5, 0.6) is 0 Å². The maximum atomic E-state index is 6.98. The molecule has 0 bridgehead atoms. The lowest BCUT2D eigenvalue weighted by Gasteiger charge is -2.46. The van der Waals surface area contributed by atoms with Crippen molar-refractivity contribution in [3.05, 3.63) is 183 Å². The number of anilines is 1. The third-order valence-corrected chi connectivity index (χ3v) is 19.5. The molecule has 0 amide bonds. The SMILES string of the molecule is C1=CC2=C(CC1)C1C=CC(N(c3ccc4c(c3)C3CCC=CC3C4(C3=CCCCC3)c3ccccc3)C3CC=CC4OC5=C(CCCC5)C43)=CC1C21C2=CCCC=C2C2CCCCC21. The molecule has 12 aliphatic rings. The topological polar surface area (TPSA) is 12.5 Å². The van der Waals surface area contributed by atoms with E-state index in [4.69, 9.17) is 4.74 Å². The third-order valence-electron chi connectivity index (χ3n) is 19.5. The normalized spacial score (nSPS) is 38.5. The summed E-state index contributed by atoms with van der Waals surface area (Å²) in [5, 5.41) is 0.